The number of pyridine rings is 1. The van der Waals surface area contributed by atoms with Crippen LogP contribution in [0.2, 0.25) is 0 Å². The average molecular weight is 257 g/mol. The molecule has 1 aromatic heterocycles. The van der Waals surface area contributed by atoms with E-state index in [1.165, 1.54) is 7.11 Å². The standard InChI is InChI=1S/C15H15NO3/c1-18-14(17)15(7-8-15)10-19-13-6-2-5-12-11(13)4-3-9-16-12/h2-6,9H,7-8,10H2,1H3. The topological polar surface area (TPSA) is 48.4 Å². The smallest absolute Gasteiger partial charge is 0.315 e. The summed E-state index contributed by atoms with van der Waals surface area (Å²) in [5.41, 5.74) is 0.460. The van der Waals surface area contributed by atoms with Crippen LogP contribution in [0.4, 0.5) is 0 Å². The fourth-order valence-electron chi connectivity index (χ4n) is 2.19. The van der Waals surface area contributed by atoms with Gasteiger partial charge >= 0.3 is 5.97 Å². The van der Waals surface area contributed by atoms with E-state index >= 15 is 0 Å². The molecule has 4 nitrogen and oxygen atoms in total. The highest BCUT2D eigenvalue weighted by Crippen LogP contribution is 2.47. The van der Waals surface area contributed by atoms with Gasteiger partial charge < -0.3 is 9.47 Å². The van der Waals surface area contributed by atoms with E-state index in [-0.39, 0.29) is 5.97 Å². The monoisotopic (exact) mass is 257 g/mol. The number of esters is 1. The number of hydrogen-bond donors (Lipinski definition) is 0. The van der Waals surface area contributed by atoms with E-state index in [0.717, 1.165) is 29.5 Å². The van der Waals surface area contributed by atoms with E-state index in [2.05, 4.69) is 4.98 Å². The van der Waals surface area contributed by atoms with Gasteiger partial charge in [0.1, 0.15) is 17.8 Å². The van der Waals surface area contributed by atoms with Crippen molar-refractivity contribution in [2.24, 2.45) is 5.41 Å². The summed E-state index contributed by atoms with van der Waals surface area (Å²) in [4.78, 5) is 15.9. The van der Waals surface area contributed by atoms with Crippen molar-refractivity contribution >= 4 is 16.9 Å². The maximum Gasteiger partial charge on any atom is 0.315 e. The molecular formula is C15H15NO3. The van der Waals surface area contributed by atoms with E-state index in [0.29, 0.717) is 6.61 Å². The van der Waals surface area contributed by atoms with Crippen LogP contribution in [-0.2, 0) is 9.53 Å². The first kappa shape index (κ1) is 12.0. The Hall–Kier alpha value is -2.10. The second-order valence-electron chi connectivity index (χ2n) is 4.89. The predicted molar refractivity (Wildman–Crippen MR) is 70.9 cm³/mol. The van der Waals surface area contributed by atoms with Crippen molar-refractivity contribution in [3.63, 3.8) is 0 Å². The number of nitrogens with zero attached hydrogens (tertiary/aromatic N) is 1. The Bertz CT molecular complexity index is 614. The Balaban J connectivity index is 1.81. The van der Waals surface area contributed by atoms with Crippen molar-refractivity contribution in [1.29, 1.82) is 0 Å². The minimum Gasteiger partial charge on any atom is -0.492 e. The second kappa shape index (κ2) is 4.53. The molecule has 0 N–H and O–H groups in total. The Morgan fingerprint density at radius 1 is 1.32 bits per heavy atom. The van der Waals surface area contributed by atoms with Gasteiger partial charge in [0.15, 0.2) is 0 Å². The molecule has 19 heavy (non-hydrogen) atoms. The molecule has 0 radical (unpaired) electrons. The van der Waals surface area contributed by atoms with Gasteiger partial charge in [0.2, 0.25) is 0 Å². The van der Waals surface area contributed by atoms with Crippen LogP contribution < -0.4 is 4.74 Å². The molecule has 0 saturated heterocycles. The summed E-state index contributed by atoms with van der Waals surface area (Å²) in [5, 5.41) is 0.964. The van der Waals surface area contributed by atoms with Crippen molar-refractivity contribution in [3.8, 4) is 5.75 Å². The highest BCUT2D eigenvalue weighted by Gasteiger charge is 2.52. The lowest BCUT2D eigenvalue weighted by Gasteiger charge is -2.15. The lowest BCUT2D eigenvalue weighted by atomic mass is 10.1. The molecule has 0 atom stereocenters. The quantitative estimate of drug-likeness (QED) is 0.790. The van der Waals surface area contributed by atoms with Gasteiger partial charge in [0, 0.05) is 11.6 Å². The molecule has 98 valence electrons. The van der Waals surface area contributed by atoms with Gasteiger partial charge in [-0.1, -0.05) is 6.07 Å². The van der Waals surface area contributed by atoms with Crippen LogP contribution in [0.1, 0.15) is 12.8 Å². The van der Waals surface area contributed by atoms with E-state index in [4.69, 9.17) is 9.47 Å². The van der Waals surface area contributed by atoms with E-state index in [1.54, 1.807) is 6.20 Å². The third-order valence-corrected chi connectivity index (χ3v) is 3.58. The molecule has 0 bridgehead atoms. The summed E-state index contributed by atoms with van der Waals surface area (Å²) in [6.45, 7) is 0.369. The number of methoxy groups -OCH3 is 1. The lowest BCUT2D eigenvalue weighted by molar-refractivity contribution is -0.148. The first-order chi connectivity index (χ1) is 9.25. The molecule has 3 rings (SSSR count). The van der Waals surface area contributed by atoms with Crippen LogP contribution in [0.3, 0.4) is 0 Å². The van der Waals surface area contributed by atoms with Crippen molar-refractivity contribution in [2.75, 3.05) is 13.7 Å². The van der Waals surface area contributed by atoms with Crippen molar-refractivity contribution < 1.29 is 14.3 Å². The number of ether oxygens (including phenoxy) is 2. The molecule has 4 heteroatoms. The Morgan fingerprint density at radius 3 is 2.89 bits per heavy atom. The number of hydrogen-bond acceptors (Lipinski definition) is 4. The lowest BCUT2D eigenvalue weighted by Crippen LogP contribution is -2.24. The molecule has 1 fully saturated rings. The molecule has 1 aliphatic carbocycles. The van der Waals surface area contributed by atoms with Gasteiger partial charge in [0.25, 0.3) is 0 Å². The number of rotatable bonds is 4. The number of fused-ring (bicyclic) bond motifs is 1. The first-order valence-electron chi connectivity index (χ1n) is 6.30. The number of carbonyl (C=O) groups excluding carboxylic acids is 1. The molecule has 0 spiro atoms. The van der Waals surface area contributed by atoms with Gasteiger partial charge in [0.05, 0.1) is 12.6 Å². The molecule has 0 amide bonds. The fraction of sp³-hybridized carbons (Fsp3) is 0.333. The summed E-state index contributed by atoms with van der Waals surface area (Å²) in [5.74, 6) is 0.589. The average Bonchev–Trinajstić information content (AvgIpc) is 3.25. The highest BCUT2D eigenvalue weighted by atomic mass is 16.5. The zero-order chi connectivity index (χ0) is 13.3. The van der Waals surface area contributed by atoms with Gasteiger partial charge in [-0.15, -0.1) is 0 Å². The van der Waals surface area contributed by atoms with Crippen LogP contribution in [0.5, 0.6) is 5.75 Å². The van der Waals surface area contributed by atoms with Gasteiger partial charge in [-0.25, -0.2) is 0 Å². The predicted octanol–water partition coefficient (Wildman–Crippen LogP) is 2.57. The van der Waals surface area contributed by atoms with Gasteiger partial charge in [-0.3, -0.25) is 9.78 Å². The normalized spacial score (nSPS) is 16.1. The third-order valence-electron chi connectivity index (χ3n) is 3.58. The minimum atomic E-state index is -0.431. The fourth-order valence-corrected chi connectivity index (χ4v) is 2.19. The highest BCUT2D eigenvalue weighted by molar-refractivity contribution is 5.85. The molecule has 2 aromatic rings. The minimum absolute atomic E-state index is 0.175. The van der Waals surface area contributed by atoms with Crippen LogP contribution in [0.15, 0.2) is 36.5 Å². The van der Waals surface area contributed by atoms with Crippen LogP contribution in [0, 0.1) is 5.41 Å². The molecule has 0 unspecified atom stereocenters. The summed E-state index contributed by atoms with van der Waals surface area (Å²) in [6, 6.07) is 9.59. The summed E-state index contributed by atoms with van der Waals surface area (Å²) in [7, 11) is 1.42. The Labute approximate surface area is 111 Å². The largest absolute Gasteiger partial charge is 0.492 e. The van der Waals surface area contributed by atoms with Crippen molar-refractivity contribution in [3.05, 3.63) is 36.5 Å². The summed E-state index contributed by atoms with van der Waals surface area (Å²) >= 11 is 0. The van der Waals surface area contributed by atoms with Crippen molar-refractivity contribution in [1.82, 2.24) is 4.98 Å². The second-order valence-corrected chi connectivity index (χ2v) is 4.89. The van der Waals surface area contributed by atoms with E-state index < -0.39 is 5.41 Å². The third kappa shape index (κ3) is 2.14. The molecular weight excluding hydrogens is 242 g/mol. The Kier molecular flexibility index (Phi) is 2.85. The van der Waals surface area contributed by atoms with Crippen molar-refractivity contribution in [2.45, 2.75) is 12.8 Å². The summed E-state index contributed by atoms with van der Waals surface area (Å²) < 4.78 is 10.7. The molecule has 1 aliphatic rings. The zero-order valence-corrected chi connectivity index (χ0v) is 10.8. The van der Waals surface area contributed by atoms with Gasteiger partial charge in [-0.05, 0) is 37.1 Å². The Morgan fingerprint density at radius 2 is 2.16 bits per heavy atom. The number of carbonyl (C=O) groups is 1. The summed E-state index contributed by atoms with van der Waals surface area (Å²) in [6.07, 6.45) is 3.42. The molecule has 1 saturated carbocycles. The zero-order valence-electron chi connectivity index (χ0n) is 10.8. The maximum atomic E-state index is 11.7. The molecule has 0 aliphatic heterocycles. The number of aromatic nitrogens is 1. The molecule has 1 heterocycles. The molecule has 1 aromatic carbocycles. The van der Waals surface area contributed by atoms with Crippen LogP contribution in [0.25, 0.3) is 10.9 Å². The van der Waals surface area contributed by atoms with Gasteiger partial charge in [-0.2, -0.15) is 0 Å². The van der Waals surface area contributed by atoms with E-state index in [9.17, 15) is 4.79 Å². The first-order valence-corrected chi connectivity index (χ1v) is 6.30. The van der Waals surface area contributed by atoms with Crippen LogP contribution in [-0.4, -0.2) is 24.7 Å². The van der Waals surface area contributed by atoms with Crippen LogP contribution >= 0.6 is 0 Å². The number of benzene rings is 1. The van der Waals surface area contributed by atoms with E-state index in [1.807, 2.05) is 30.3 Å². The SMILES string of the molecule is COC(=O)C1(COc2cccc3ncccc23)CC1. The maximum absolute atomic E-state index is 11.7.